The van der Waals surface area contributed by atoms with Crippen molar-refractivity contribution in [2.75, 3.05) is 6.54 Å². The molecule has 0 radical (unpaired) electrons. The van der Waals surface area contributed by atoms with E-state index in [4.69, 9.17) is 15.3 Å². The number of carboxylic acids is 1. The Labute approximate surface area is 123 Å². The van der Waals surface area contributed by atoms with Gasteiger partial charge in [-0.2, -0.15) is 0 Å². The zero-order valence-corrected chi connectivity index (χ0v) is 12.2. The Morgan fingerprint density at radius 2 is 2.10 bits per heavy atom. The van der Waals surface area contributed by atoms with Crippen LogP contribution in [-0.2, 0) is 11.3 Å². The lowest BCUT2D eigenvalue weighted by atomic mass is 9.70. The summed E-state index contributed by atoms with van der Waals surface area (Å²) < 4.78 is 5.12. The second kappa shape index (κ2) is 6.30. The van der Waals surface area contributed by atoms with Gasteiger partial charge in [-0.1, -0.05) is 6.92 Å². The first-order chi connectivity index (χ1) is 9.97. The van der Waals surface area contributed by atoms with E-state index in [2.05, 4.69) is 12.2 Å². The highest BCUT2D eigenvalue weighted by molar-refractivity contribution is 5.84. The minimum Gasteiger partial charge on any atom is -0.475 e. The highest BCUT2D eigenvalue weighted by Crippen LogP contribution is 2.38. The summed E-state index contributed by atoms with van der Waals surface area (Å²) in [6.07, 6.45) is 3.62. The fourth-order valence-corrected chi connectivity index (χ4v) is 2.78. The minimum absolute atomic E-state index is 0.0647. The maximum absolute atomic E-state index is 12.4. The van der Waals surface area contributed by atoms with Crippen molar-refractivity contribution in [3.05, 3.63) is 23.7 Å². The summed E-state index contributed by atoms with van der Waals surface area (Å²) in [6.45, 7) is 2.71. The van der Waals surface area contributed by atoms with E-state index in [-0.39, 0.29) is 18.2 Å². The van der Waals surface area contributed by atoms with Crippen molar-refractivity contribution in [2.45, 2.75) is 39.2 Å². The van der Waals surface area contributed by atoms with Gasteiger partial charge >= 0.3 is 5.97 Å². The van der Waals surface area contributed by atoms with Gasteiger partial charge in [0.05, 0.1) is 12.0 Å². The Morgan fingerprint density at radius 1 is 1.43 bits per heavy atom. The number of amides is 1. The number of hydrogen-bond donors (Lipinski definition) is 3. The Bertz CT molecular complexity index is 515. The SMILES string of the molecule is CC1CCC(CN)(C(=O)NCc2ccc(C(=O)O)o2)CC1. The van der Waals surface area contributed by atoms with Gasteiger partial charge in [0.1, 0.15) is 5.76 Å². The van der Waals surface area contributed by atoms with Crippen LogP contribution in [0.15, 0.2) is 16.5 Å². The molecule has 1 saturated carbocycles. The zero-order chi connectivity index (χ0) is 15.5. The summed E-state index contributed by atoms with van der Waals surface area (Å²) in [4.78, 5) is 23.2. The molecule has 1 amide bonds. The minimum atomic E-state index is -1.12. The number of carboxylic acid groups (broad SMARTS) is 1. The number of carbonyl (C=O) groups excluding carboxylic acids is 1. The average Bonchev–Trinajstić information content (AvgIpc) is 2.95. The van der Waals surface area contributed by atoms with E-state index in [1.54, 1.807) is 6.07 Å². The molecule has 2 rings (SSSR count). The van der Waals surface area contributed by atoms with Gasteiger partial charge < -0.3 is 20.6 Å². The van der Waals surface area contributed by atoms with Crippen molar-refractivity contribution in [3.8, 4) is 0 Å². The molecule has 1 fully saturated rings. The van der Waals surface area contributed by atoms with Crippen molar-refractivity contribution >= 4 is 11.9 Å². The standard InChI is InChI=1S/C15H22N2O4/c1-10-4-6-15(9-16,7-5-10)14(20)17-8-11-2-3-12(21-11)13(18)19/h2-3,10H,4-9,16H2,1H3,(H,17,20)(H,18,19). The Hall–Kier alpha value is -1.82. The van der Waals surface area contributed by atoms with E-state index >= 15 is 0 Å². The third kappa shape index (κ3) is 3.44. The van der Waals surface area contributed by atoms with Gasteiger partial charge in [-0.05, 0) is 43.7 Å². The molecule has 0 aliphatic heterocycles. The van der Waals surface area contributed by atoms with Crippen molar-refractivity contribution in [2.24, 2.45) is 17.1 Å². The second-order valence-corrected chi connectivity index (χ2v) is 5.92. The fraction of sp³-hybridized carbons (Fsp3) is 0.600. The summed E-state index contributed by atoms with van der Waals surface area (Å²) in [6, 6.07) is 2.94. The number of nitrogens with two attached hydrogens (primary N) is 1. The van der Waals surface area contributed by atoms with E-state index < -0.39 is 11.4 Å². The highest BCUT2D eigenvalue weighted by Gasteiger charge is 2.39. The van der Waals surface area contributed by atoms with Crippen LogP contribution in [0, 0.1) is 11.3 Å². The summed E-state index contributed by atoms with van der Waals surface area (Å²) in [7, 11) is 0. The van der Waals surface area contributed by atoms with Crippen LogP contribution in [0.2, 0.25) is 0 Å². The predicted octanol–water partition coefficient (Wildman–Crippen LogP) is 1.75. The second-order valence-electron chi connectivity index (χ2n) is 5.92. The van der Waals surface area contributed by atoms with Crippen LogP contribution in [0.25, 0.3) is 0 Å². The van der Waals surface area contributed by atoms with Crippen LogP contribution in [-0.4, -0.2) is 23.5 Å². The first kappa shape index (κ1) is 15.6. The molecular weight excluding hydrogens is 272 g/mol. The monoisotopic (exact) mass is 294 g/mol. The Kier molecular flexibility index (Phi) is 4.67. The number of nitrogens with one attached hydrogen (secondary N) is 1. The quantitative estimate of drug-likeness (QED) is 0.767. The third-order valence-electron chi connectivity index (χ3n) is 4.40. The molecule has 0 saturated heterocycles. The number of furan rings is 1. The van der Waals surface area contributed by atoms with Gasteiger partial charge in [0.25, 0.3) is 0 Å². The van der Waals surface area contributed by atoms with Gasteiger partial charge in [0.2, 0.25) is 11.7 Å². The molecule has 0 atom stereocenters. The first-order valence-electron chi connectivity index (χ1n) is 7.27. The lowest BCUT2D eigenvalue weighted by Gasteiger charge is -2.37. The van der Waals surface area contributed by atoms with Crippen molar-refractivity contribution in [1.29, 1.82) is 0 Å². The van der Waals surface area contributed by atoms with Crippen LogP contribution in [0.3, 0.4) is 0 Å². The molecule has 1 heterocycles. The van der Waals surface area contributed by atoms with E-state index in [1.165, 1.54) is 6.07 Å². The van der Waals surface area contributed by atoms with Crippen LogP contribution < -0.4 is 11.1 Å². The molecule has 0 unspecified atom stereocenters. The van der Waals surface area contributed by atoms with Crippen LogP contribution >= 0.6 is 0 Å². The summed E-state index contributed by atoms with van der Waals surface area (Å²) in [5.41, 5.74) is 5.34. The van der Waals surface area contributed by atoms with Crippen LogP contribution in [0.4, 0.5) is 0 Å². The normalized spacial score (nSPS) is 25.5. The smallest absolute Gasteiger partial charge is 0.371 e. The van der Waals surface area contributed by atoms with Crippen LogP contribution in [0.5, 0.6) is 0 Å². The lowest BCUT2D eigenvalue weighted by Crippen LogP contribution is -2.47. The number of rotatable bonds is 5. The van der Waals surface area contributed by atoms with Gasteiger partial charge in [-0.3, -0.25) is 4.79 Å². The molecule has 21 heavy (non-hydrogen) atoms. The van der Waals surface area contributed by atoms with E-state index in [0.717, 1.165) is 25.7 Å². The summed E-state index contributed by atoms with van der Waals surface area (Å²) in [5.74, 6) is -0.241. The summed E-state index contributed by atoms with van der Waals surface area (Å²) >= 11 is 0. The van der Waals surface area contributed by atoms with E-state index in [0.29, 0.717) is 18.2 Å². The molecule has 0 bridgehead atoms. The molecule has 1 aromatic rings. The molecule has 0 spiro atoms. The molecule has 0 aromatic carbocycles. The highest BCUT2D eigenvalue weighted by atomic mass is 16.4. The molecule has 116 valence electrons. The van der Waals surface area contributed by atoms with Gasteiger partial charge in [0.15, 0.2) is 0 Å². The first-order valence-corrected chi connectivity index (χ1v) is 7.27. The maximum atomic E-state index is 12.4. The largest absolute Gasteiger partial charge is 0.475 e. The van der Waals surface area contributed by atoms with Crippen LogP contribution in [0.1, 0.15) is 48.9 Å². The number of aromatic carboxylic acids is 1. The topological polar surface area (TPSA) is 106 Å². The molecule has 1 aliphatic carbocycles. The van der Waals surface area contributed by atoms with Gasteiger partial charge in [-0.15, -0.1) is 0 Å². The molecule has 4 N–H and O–H groups in total. The maximum Gasteiger partial charge on any atom is 0.371 e. The fourth-order valence-electron chi connectivity index (χ4n) is 2.78. The molecule has 1 aliphatic rings. The van der Waals surface area contributed by atoms with E-state index in [9.17, 15) is 9.59 Å². The average molecular weight is 294 g/mol. The Morgan fingerprint density at radius 3 is 2.62 bits per heavy atom. The lowest BCUT2D eigenvalue weighted by molar-refractivity contribution is -0.133. The third-order valence-corrected chi connectivity index (χ3v) is 4.40. The number of carbonyl (C=O) groups is 2. The zero-order valence-electron chi connectivity index (χ0n) is 12.2. The number of hydrogen-bond acceptors (Lipinski definition) is 4. The van der Waals surface area contributed by atoms with Crippen molar-refractivity contribution in [1.82, 2.24) is 5.32 Å². The molecule has 6 nitrogen and oxygen atoms in total. The van der Waals surface area contributed by atoms with Gasteiger partial charge in [0, 0.05) is 6.54 Å². The molecular formula is C15H22N2O4. The van der Waals surface area contributed by atoms with Crippen molar-refractivity contribution < 1.29 is 19.1 Å². The predicted molar refractivity (Wildman–Crippen MR) is 76.6 cm³/mol. The summed E-state index contributed by atoms with van der Waals surface area (Å²) in [5, 5.41) is 11.6. The van der Waals surface area contributed by atoms with Gasteiger partial charge in [-0.25, -0.2) is 4.79 Å². The molecule has 1 aromatic heterocycles. The van der Waals surface area contributed by atoms with Crippen molar-refractivity contribution in [3.63, 3.8) is 0 Å². The Balaban J connectivity index is 1.94. The molecule has 6 heteroatoms. The van der Waals surface area contributed by atoms with E-state index in [1.807, 2.05) is 0 Å².